The summed E-state index contributed by atoms with van der Waals surface area (Å²) in [6.07, 6.45) is 3.09. The van der Waals surface area contributed by atoms with Crippen LogP contribution in [-0.4, -0.2) is 79.5 Å². The van der Waals surface area contributed by atoms with E-state index in [9.17, 15) is 4.79 Å². The maximum Gasteiger partial charge on any atom is 0.243 e. The highest BCUT2D eigenvalue weighted by molar-refractivity contribution is 7.99. The van der Waals surface area contributed by atoms with Crippen molar-refractivity contribution < 1.29 is 9.53 Å². The van der Waals surface area contributed by atoms with Crippen molar-refractivity contribution in [1.82, 2.24) is 15.5 Å². The average Bonchev–Trinajstić information content (AvgIpc) is 3.17. The number of hydrogen-bond acceptors (Lipinski definition) is 5. The Labute approximate surface area is 182 Å². The number of nitrogens with zero attached hydrogens (tertiary/aromatic N) is 2. The van der Waals surface area contributed by atoms with E-state index >= 15 is 0 Å². The summed E-state index contributed by atoms with van der Waals surface area (Å²) < 4.78 is 6.13. The Kier molecular flexibility index (Phi) is 8.56. The van der Waals surface area contributed by atoms with Crippen molar-refractivity contribution in [3.05, 3.63) is 30.3 Å². The fourth-order valence-electron chi connectivity index (χ4n) is 3.50. The molecule has 3 rings (SSSR count). The minimum atomic E-state index is 0.000372. The van der Waals surface area contributed by atoms with Gasteiger partial charge in [0.1, 0.15) is 6.54 Å². The molecule has 2 heterocycles. The number of likely N-dealkylation sites (N-methyl/N-ethyl adjacent to an activating group) is 1. The van der Waals surface area contributed by atoms with Gasteiger partial charge in [0.15, 0.2) is 5.96 Å². The molecule has 2 saturated heterocycles. The summed E-state index contributed by atoms with van der Waals surface area (Å²) in [6.45, 7) is 1.72. The predicted octanol–water partition coefficient (Wildman–Crippen LogP) is 2.46. The molecule has 2 unspecified atom stereocenters. The van der Waals surface area contributed by atoms with Gasteiger partial charge in [-0.3, -0.25) is 4.79 Å². The second kappa shape index (κ2) is 11.1. The van der Waals surface area contributed by atoms with Crippen LogP contribution in [0.1, 0.15) is 19.3 Å². The molecular formula is C21H32N4O2S2. The van der Waals surface area contributed by atoms with Gasteiger partial charge in [0.2, 0.25) is 5.91 Å². The van der Waals surface area contributed by atoms with Crippen molar-refractivity contribution in [3.8, 4) is 0 Å². The number of ether oxygens (including phenoxy) is 1. The highest BCUT2D eigenvalue weighted by Crippen LogP contribution is 2.38. The lowest BCUT2D eigenvalue weighted by Crippen LogP contribution is -2.52. The molecule has 2 aliphatic rings. The molecule has 0 bridgehead atoms. The van der Waals surface area contributed by atoms with E-state index < -0.39 is 0 Å². The van der Waals surface area contributed by atoms with E-state index in [1.54, 1.807) is 19.0 Å². The molecule has 0 aliphatic carbocycles. The van der Waals surface area contributed by atoms with Crippen LogP contribution in [-0.2, 0) is 9.53 Å². The maximum atomic E-state index is 12.0. The van der Waals surface area contributed by atoms with Crippen LogP contribution in [0.15, 0.2) is 40.2 Å². The lowest BCUT2D eigenvalue weighted by atomic mass is 9.90. The van der Waals surface area contributed by atoms with Gasteiger partial charge in [-0.2, -0.15) is 11.8 Å². The Morgan fingerprint density at radius 3 is 2.93 bits per heavy atom. The van der Waals surface area contributed by atoms with Gasteiger partial charge in [0.25, 0.3) is 0 Å². The first-order valence-electron chi connectivity index (χ1n) is 10.2. The SMILES string of the molecule is CN(C)C(=O)CN=C(NCCSc1ccccc1)NC1CCOC2(CCSC2)C1. The third-order valence-corrected chi connectivity index (χ3v) is 7.42. The topological polar surface area (TPSA) is 66.0 Å². The molecule has 160 valence electrons. The second-order valence-electron chi connectivity index (χ2n) is 7.71. The van der Waals surface area contributed by atoms with Crippen LogP contribution in [0, 0.1) is 0 Å². The molecule has 2 fully saturated rings. The molecule has 2 aliphatic heterocycles. The fourth-order valence-corrected chi connectivity index (χ4v) is 5.67. The number of amides is 1. The highest BCUT2D eigenvalue weighted by Gasteiger charge is 2.40. The summed E-state index contributed by atoms with van der Waals surface area (Å²) in [6, 6.07) is 10.7. The summed E-state index contributed by atoms with van der Waals surface area (Å²) in [5.74, 6) is 3.92. The lowest BCUT2D eigenvalue weighted by molar-refractivity contribution is -0.127. The van der Waals surface area contributed by atoms with E-state index in [0.717, 1.165) is 49.9 Å². The molecule has 0 saturated carbocycles. The quantitative estimate of drug-likeness (QED) is 0.296. The standard InChI is InChI=1S/C21H32N4O2S2/c1-25(2)19(26)15-23-20(22-10-13-29-18-6-4-3-5-7-18)24-17-8-11-27-21(14-17)9-12-28-16-21/h3-7,17H,8-16H2,1-2H3,(H2,22,23,24). The molecule has 0 radical (unpaired) electrons. The van der Waals surface area contributed by atoms with Crippen LogP contribution in [0.25, 0.3) is 0 Å². The summed E-state index contributed by atoms with van der Waals surface area (Å²) >= 11 is 3.79. The Bertz CT molecular complexity index is 679. The Morgan fingerprint density at radius 2 is 2.21 bits per heavy atom. The number of hydrogen-bond donors (Lipinski definition) is 2. The number of thioether (sulfide) groups is 2. The van der Waals surface area contributed by atoms with Gasteiger partial charge in [-0.05, 0) is 37.1 Å². The van der Waals surface area contributed by atoms with Crippen LogP contribution >= 0.6 is 23.5 Å². The smallest absolute Gasteiger partial charge is 0.243 e. The maximum absolute atomic E-state index is 12.0. The highest BCUT2D eigenvalue weighted by atomic mass is 32.2. The third-order valence-electron chi connectivity index (χ3n) is 5.18. The lowest BCUT2D eigenvalue weighted by Gasteiger charge is -2.38. The molecular weight excluding hydrogens is 404 g/mol. The molecule has 8 heteroatoms. The first kappa shape index (κ1) is 22.3. The van der Waals surface area contributed by atoms with Crippen LogP contribution in [0.4, 0.5) is 0 Å². The van der Waals surface area contributed by atoms with E-state index in [1.807, 2.05) is 29.6 Å². The van der Waals surface area contributed by atoms with Gasteiger partial charge in [0.05, 0.1) is 5.60 Å². The largest absolute Gasteiger partial charge is 0.374 e. The molecule has 1 amide bonds. The van der Waals surface area contributed by atoms with Crippen LogP contribution < -0.4 is 10.6 Å². The van der Waals surface area contributed by atoms with Gasteiger partial charge in [0, 0.05) is 49.7 Å². The molecule has 1 aromatic carbocycles. The average molecular weight is 437 g/mol. The minimum absolute atomic E-state index is 0.000372. The van der Waals surface area contributed by atoms with Crippen molar-refractivity contribution in [3.63, 3.8) is 0 Å². The Hall–Kier alpha value is -1.38. The van der Waals surface area contributed by atoms with Gasteiger partial charge < -0.3 is 20.3 Å². The monoisotopic (exact) mass is 436 g/mol. The zero-order chi connectivity index (χ0) is 20.5. The van der Waals surface area contributed by atoms with Crippen LogP contribution in [0.5, 0.6) is 0 Å². The van der Waals surface area contributed by atoms with Gasteiger partial charge in [-0.15, -0.1) is 11.8 Å². The number of nitrogens with one attached hydrogen (secondary N) is 2. The van der Waals surface area contributed by atoms with Gasteiger partial charge in [-0.25, -0.2) is 4.99 Å². The van der Waals surface area contributed by atoms with Crippen molar-refractivity contribution in [1.29, 1.82) is 0 Å². The number of carbonyl (C=O) groups is 1. The Balaban J connectivity index is 1.53. The van der Waals surface area contributed by atoms with Gasteiger partial charge >= 0.3 is 0 Å². The summed E-state index contributed by atoms with van der Waals surface area (Å²) in [4.78, 5) is 19.4. The Morgan fingerprint density at radius 1 is 1.38 bits per heavy atom. The van der Waals surface area contributed by atoms with E-state index in [1.165, 1.54) is 10.6 Å². The van der Waals surface area contributed by atoms with E-state index in [4.69, 9.17) is 4.74 Å². The second-order valence-corrected chi connectivity index (χ2v) is 9.98. The summed E-state index contributed by atoms with van der Waals surface area (Å²) in [7, 11) is 3.52. The number of aliphatic imine (C=N–C) groups is 1. The number of benzene rings is 1. The fraction of sp³-hybridized carbons (Fsp3) is 0.619. The minimum Gasteiger partial charge on any atom is -0.374 e. The molecule has 0 aromatic heterocycles. The zero-order valence-corrected chi connectivity index (χ0v) is 19.0. The molecule has 2 N–H and O–H groups in total. The summed E-state index contributed by atoms with van der Waals surface area (Å²) in [5, 5.41) is 6.98. The first-order valence-corrected chi connectivity index (χ1v) is 12.3. The molecule has 1 aromatic rings. The normalized spacial score (nSPS) is 24.5. The summed E-state index contributed by atoms with van der Waals surface area (Å²) in [5.41, 5.74) is 0.0221. The molecule has 6 nitrogen and oxygen atoms in total. The van der Waals surface area contributed by atoms with Crippen molar-refractivity contribution in [2.75, 3.05) is 51.1 Å². The van der Waals surface area contributed by atoms with Crippen LogP contribution in [0.2, 0.25) is 0 Å². The van der Waals surface area contributed by atoms with Crippen molar-refractivity contribution in [2.45, 2.75) is 35.8 Å². The third kappa shape index (κ3) is 7.12. The van der Waals surface area contributed by atoms with Crippen molar-refractivity contribution >= 4 is 35.4 Å². The van der Waals surface area contributed by atoms with E-state index in [2.05, 4.69) is 39.9 Å². The van der Waals surface area contributed by atoms with E-state index in [0.29, 0.717) is 6.04 Å². The first-order chi connectivity index (χ1) is 14.1. The molecule has 1 spiro atoms. The molecule has 2 atom stereocenters. The van der Waals surface area contributed by atoms with Crippen molar-refractivity contribution in [2.24, 2.45) is 4.99 Å². The number of rotatable bonds is 7. The predicted molar refractivity (Wildman–Crippen MR) is 123 cm³/mol. The van der Waals surface area contributed by atoms with Crippen LogP contribution in [0.3, 0.4) is 0 Å². The number of carbonyl (C=O) groups excluding carboxylic acids is 1. The zero-order valence-electron chi connectivity index (χ0n) is 17.4. The number of guanidine groups is 1. The van der Waals surface area contributed by atoms with Gasteiger partial charge in [-0.1, -0.05) is 18.2 Å². The van der Waals surface area contributed by atoms with E-state index in [-0.39, 0.29) is 18.1 Å². The molecule has 29 heavy (non-hydrogen) atoms.